The van der Waals surface area contributed by atoms with Crippen molar-refractivity contribution >= 4 is 38.4 Å². The van der Waals surface area contributed by atoms with Crippen molar-refractivity contribution in [2.24, 2.45) is 0 Å². The molecule has 0 bridgehead atoms. The lowest BCUT2D eigenvalue weighted by Crippen LogP contribution is -1.92. The highest BCUT2D eigenvalue weighted by Crippen LogP contribution is 2.32. The summed E-state index contributed by atoms with van der Waals surface area (Å²) in [7, 11) is 0. The average Bonchev–Trinajstić information content (AvgIpc) is 2.32. The summed E-state index contributed by atoms with van der Waals surface area (Å²) in [6, 6.07) is 6.37. The molecule has 1 heterocycles. The minimum absolute atomic E-state index is 0.565. The predicted molar refractivity (Wildman–Crippen MR) is 73.2 cm³/mol. The van der Waals surface area contributed by atoms with E-state index in [1.165, 1.54) is 5.56 Å². The lowest BCUT2D eigenvalue weighted by atomic mass is 9.97. The topological polar surface area (TPSA) is 12.9 Å². The summed E-state index contributed by atoms with van der Waals surface area (Å²) in [5.74, 6) is 0.565. The average molecular weight is 299 g/mol. The molecule has 16 heavy (non-hydrogen) atoms. The number of rotatable bonds is 2. The van der Waals surface area contributed by atoms with E-state index in [0.29, 0.717) is 10.9 Å². The van der Waals surface area contributed by atoms with Crippen LogP contribution in [-0.2, 0) is 0 Å². The van der Waals surface area contributed by atoms with Crippen molar-refractivity contribution in [1.82, 2.24) is 4.98 Å². The largest absolute Gasteiger partial charge is 0.255 e. The maximum Gasteiger partial charge on any atom is 0.0737 e. The first-order valence-electron chi connectivity index (χ1n) is 5.37. The molecule has 1 unspecified atom stereocenters. The first-order valence-corrected chi connectivity index (χ1v) is 6.54. The minimum atomic E-state index is 0.565. The molecule has 1 aromatic carbocycles. The van der Waals surface area contributed by atoms with Gasteiger partial charge in [-0.15, -0.1) is 0 Å². The van der Waals surface area contributed by atoms with E-state index in [9.17, 15) is 0 Å². The van der Waals surface area contributed by atoms with E-state index in [1.807, 2.05) is 0 Å². The van der Waals surface area contributed by atoms with Gasteiger partial charge in [0.05, 0.1) is 10.5 Å². The SMILES string of the molecule is CCC(C)c1ccc2ncc(Cl)c(Br)c2c1. The Labute approximate surface area is 109 Å². The summed E-state index contributed by atoms with van der Waals surface area (Å²) in [6.07, 6.45) is 2.81. The maximum absolute atomic E-state index is 6.04. The Morgan fingerprint density at radius 2 is 2.19 bits per heavy atom. The van der Waals surface area contributed by atoms with Gasteiger partial charge < -0.3 is 0 Å². The summed E-state index contributed by atoms with van der Waals surface area (Å²) >= 11 is 9.56. The van der Waals surface area contributed by atoms with E-state index in [2.05, 4.69) is 53.0 Å². The number of pyridine rings is 1. The fraction of sp³-hybridized carbons (Fsp3) is 0.308. The molecule has 0 N–H and O–H groups in total. The molecule has 0 aliphatic heterocycles. The molecule has 0 radical (unpaired) electrons. The molecular formula is C13H13BrClN. The van der Waals surface area contributed by atoms with Crippen LogP contribution in [0, 0.1) is 0 Å². The zero-order chi connectivity index (χ0) is 11.7. The molecule has 0 saturated carbocycles. The van der Waals surface area contributed by atoms with Gasteiger partial charge in [0.25, 0.3) is 0 Å². The molecule has 84 valence electrons. The van der Waals surface area contributed by atoms with Crippen molar-refractivity contribution in [3.05, 3.63) is 39.5 Å². The molecule has 3 heteroatoms. The van der Waals surface area contributed by atoms with Gasteiger partial charge in [-0.3, -0.25) is 4.98 Å². The van der Waals surface area contributed by atoms with Crippen LogP contribution < -0.4 is 0 Å². The third kappa shape index (κ3) is 2.09. The molecule has 0 spiro atoms. The standard InChI is InChI=1S/C13H13BrClN/c1-3-8(2)9-4-5-12-10(6-9)13(14)11(15)7-16-12/h4-8H,3H2,1-2H3. The van der Waals surface area contributed by atoms with Gasteiger partial charge in [0.1, 0.15) is 0 Å². The molecule has 1 nitrogen and oxygen atoms in total. The van der Waals surface area contributed by atoms with Crippen LogP contribution in [0.3, 0.4) is 0 Å². The van der Waals surface area contributed by atoms with Crippen LogP contribution >= 0.6 is 27.5 Å². The van der Waals surface area contributed by atoms with Crippen LogP contribution in [0.4, 0.5) is 0 Å². The number of halogens is 2. The van der Waals surface area contributed by atoms with Gasteiger partial charge in [0.15, 0.2) is 0 Å². The zero-order valence-corrected chi connectivity index (χ0v) is 11.6. The smallest absolute Gasteiger partial charge is 0.0737 e. The van der Waals surface area contributed by atoms with Crippen molar-refractivity contribution in [3.8, 4) is 0 Å². The van der Waals surface area contributed by atoms with Gasteiger partial charge in [-0.2, -0.15) is 0 Å². The quantitative estimate of drug-likeness (QED) is 0.746. The summed E-state index contributed by atoms with van der Waals surface area (Å²) in [6.45, 7) is 4.42. The Balaban J connectivity index is 2.64. The van der Waals surface area contributed by atoms with Crippen molar-refractivity contribution in [3.63, 3.8) is 0 Å². The normalized spacial score (nSPS) is 13.0. The summed E-state index contributed by atoms with van der Waals surface area (Å²) in [5, 5.41) is 1.75. The van der Waals surface area contributed by atoms with Gasteiger partial charge in [-0.25, -0.2) is 0 Å². The molecule has 0 fully saturated rings. The van der Waals surface area contributed by atoms with E-state index in [-0.39, 0.29) is 0 Å². The second-order valence-corrected chi connectivity index (χ2v) is 5.21. The molecule has 1 aromatic heterocycles. The summed E-state index contributed by atoms with van der Waals surface area (Å²) in [4.78, 5) is 4.31. The van der Waals surface area contributed by atoms with E-state index >= 15 is 0 Å². The monoisotopic (exact) mass is 297 g/mol. The van der Waals surface area contributed by atoms with E-state index in [0.717, 1.165) is 21.8 Å². The van der Waals surface area contributed by atoms with Crippen LogP contribution in [0.2, 0.25) is 5.02 Å². The fourth-order valence-corrected chi connectivity index (χ4v) is 2.27. The Hall–Kier alpha value is -0.600. The number of nitrogens with zero attached hydrogens (tertiary/aromatic N) is 1. The van der Waals surface area contributed by atoms with E-state index in [4.69, 9.17) is 11.6 Å². The zero-order valence-electron chi connectivity index (χ0n) is 9.30. The summed E-state index contributed by atoms with van der Waals surface area (Å²) in [5.41, 5.74) is 2.31. The summed E-state index contributed by atoms with van der Waals surface area (Å²) < 4.78 is 0.935. The van der Waals surface area contributed by atoms with Crippen molar-refractivity contribution in [2.75, 3.05) is 0 Å². The van der Waals surface area contributed by atoms with Gasteiger partial charge in [-0.05, 0) is 46.0 Å². The molecule has 2 rings (SSSR count). The third-order valence-corrected chi connectivity index (χ3v) is 4.33. The Morgan fingerprint density at radius 3 is 2.88 bits per heavy atom. The van der Waals surface area contributed by atoms with Gasteiger partial charge in [0.2, 0.25) is 0 Å². The molecular weight excluding hydrogens is 286 g/mol. The molecule has 0 saturated heterocycles. The van der Waals surface area contributed by atoms with Crippen LogP contribution in [0.25, 0.3) is 10.9 Å². The number of benzene rings is 1. The molecule has 0 amide bonds. The van der Waals surface area contributed by atoms with Gasteiger partial charge >= 0.3 is 0 Å². The minimum Gasteiger partial charge on any atom is -0.255 e. The Bertz CT molecular complexity index is 525. The first kappa shape index (κ1) is 11.9. The Kier molecular flexibility index (Phi) is 3.50. The fourth-order valence-electron chi connectivity index (χ4n) is 1.70. The van der Waals surface area contributed by atoms with E-state index < -0.39 is 0 Å². The van der Waals surface area contributed by atoms with Gasteiger partial charge in [-0.1, -0.05) is 31.5 Å². The predicted octanol–water partition coefficient (Wildman–Crippen LogP) is 5.16. The third-order valence-electron chi connectivity index (χ3n) is 2.97. The maximum atomic E-state index is 6.04. The lowest BCUT2D eigenvalue weighted by Gasteiger charge is -2.10. The number of hydrogen-bond acceptors (Lipinski definition) is 1. The highest BCUT2D eigenvalue weighted by Gasteiger charge is 2.08. The molecule has 2 aromatic rings. The van der Waals surface area contributed by atoms with Gasteiger partial charge in [0, 0.05) is 16.1 Å². The highest BCUT2D eigenvalue weighted by molar-refractivity contribution is 9.10. The van der Waals surface area contributed by atoms with Crippen LogP contribution in [0.15, 0.2) is 28.9 Å². The number of fused-ring (bicyclic) bond motifs is 1. The van der Waals surface area contributed by atoms with Crippen LogP contribution in [-0.4, -0.2) is 4.98 Å². The Morgan fingerprint density at radius 1 is 1.44 bits per heavy atom. The number of aromatic nitrogens is 1. The molecule has 0 aliphatic carbocycles. The van der Waals surface area contributed by atoms with Crippen molar-refractivity contribution < 1.29 is 0 Å². The van der Waals surface area contributed by atoms with Crippen molar-refractivity contribution in [2.45, 2.75) is 26.2 Å². The second kappa shape index (κ2) is 4.72. The van der Waals surface area contributed by atoms with E-state index in [1.54, 1.807) is 6.20 Å². The van der Waals surface area contributed by atoms with Crippen molar-refractivity contribution in [1.29, 1.82) is 0 Å². The van der Waals surface area contributed by atoms with Crippen LogP contribution in [0.5, 0.6) is 0 Å². The number of hydrogen-bond donors (Lipinski definition) is 0. The lowest BCUT2D eigenvalue weighted by molar-refractivity contribution is 0.734. The highest BCUT2D eigenvalue weighted by atomic mass is 79.9. The second-order valence-electron chi connectivity index (χ2n) is 4.01. The first-order chi connectivity index (χ1) is 7.63. The molecule has 1 atom stereocenters. The molecule has 0 aliphatic rings. The van der Waals surface area contributed by atoms with Crippen LogP contribution in [0.1, 0.15) is 31.7 Å².